The highest BCUT2D eigenvalue weighted by molar-refractivity contribution is 4.95. The number of rotatable bonds is 17. The van der Waals surface area contributed by atoms with Crippen LogP contribution >= 0.6 is 0 Å². The van der Waals surface area contributed by atoms with Crippen molar-refractivity contribution < 1.29 is 0 Å². The van der Waals surface area contributed by atoms with E-state index in [9.17, 15) is 0 Å². The van der Waals surface area contributed by atoms with E-state index in [1.165, 1.54) is 70.0 Å². The fourth-order valence-electron chi connectivity index (χ4n) is 2.60. The van der Waals surface area contributed by atoms with Gasteiger partial charge >= 0.3 is 0 Å². The third-order valence-electron chi connectivity index (χ3n) is 4.27. The first-order valence-corrected chi connectivity index (χ1v) is 9.46. The molecule has 0 amide bonds. The van der Waals surface area contributed by atoms with Gasteiger partial charge in [-0.1, -0.05) is 58.6 Å². The van der Waals surface area contributed by atoms with Crippen LogP contribution in [0, 0.1) is 5.92 Å². The number of hydrogen-bond acceptors (Lipinski definition) is 2. The number of allylic oxidation sites excluding steroid dienone is 2. The Morgan fingerprint density at radius 3 is 2.23 bits per heavy atom. The van der Waals surface area contributed by atoms with Crippen LogP contribution in [0.25, 0.3) is 0 Å². The lowest BCUT2D eigenvalue weighted by Crippen LogP contribution is -2.19. The molecule has 0 aliphatic carbocycles. The fourth-order valence-corrected chi connectivity index (χ4v) is 2.60. The normalized spacial score (nSPS) is 12.1. The molecule has 2 heteroatoms. The third kappa shape index (κ3) is 14.2. The van der Waals surface area contributed by atoms with Gasteiger partial charge in [-0.2, -0.15) is 0 Å². The van der Waals surface area contributed by atoms with Crippen LogP contribution in [-0.2, 0) is 0 Å². The smallest absolute Gasteiger partial charge is 0.0143 e. The van der Waals surface area contributed by atoms with Gasteiger partial charge in [0.15, 0.2) is 0 Å². The van der Waals surface area contributed by atoms with E-state index in [2.05, 4.69) is 37.6 Å². The van der Waals surface area contributed by atoms with Crippen molar-refractivity contribution in [2.75, 3.05) is 19.6 Å². The standard InChI is InChI=1S/C20H40N2/c1-5-7-8-13-16-19(3)20(4)22-18-15-12-10-9-11-14-17-21-6-2/h5,19,21-22H,1,4,6-18H2,2-3H3. The Kier molecular flexibility index (Phi) is 16.0. The molecule has 0 saturated heterocycles. The maximum absolute atomic E-state index is 4.19. The highest BCUT2D eigenvalue weighted by atomic mass is 14.9. The van der Waals surface area contributed by atoms with E-state index in [-0.39, 0.29) is 0 Å². The summed E-state index contributed by atoms with van der Waals surface area (Å²) in [5, 5.41) is 6.90. The lowest BCUT2D eigenvalue weighted by atomic mass is 10.0. The minimum absolute atomic E-state index is 0.593. The molecule has 0 aromatic carbocycles. The van der Waals surface area contributed by atoms with Crippen LogP contribution in [0.5, 0.6) is 0 Å². The molecular formula is C20H40N2. The van der Waals surface area contributed by atoms with Gasteiger partial charge in [0.1, 0.15) is 0 Å². The zero-order chi connectivity index (χ0) is 16.5. The SMILES string of the molecule is C=CCCCCC(C)C(=C)NCCCCCCCCNCC. The predicted octanol–water partition coefficient (Wildman–Crippen LogP) is 5.42. The Morgan fingerprint density at radius 2 is 1.59 bits per heavy atom. The first-order chi connectivity index (χ1) is 10.7. The van der Waals surface area contributed by atoms with E-state index in [1.54, 1.807) is 0 Å². The van der Waals surface area contributed by atoms with Gasteiger partial charge in [-0.15, -0.1) is 6.58 Å². The van der Waals surface area contributed by atoms with E-state index < -0.39 is 0 Å². The average molecular weight is 309 g/mol. The molecule has 0 spiro atoms. The summed E-state index contributed by atoms with van der Waals surface area (Å²) in [6, 6.07) is 0. The van der Waals surface area contributed by atoms with E-state index >= 15 is 0 Å². The number of unbranched alkanes of at least 4 members (excludes halogenated alkanes) is 7. The third-order valence-corrected chi connectivity index (χ3v) is 4.27. The first-order valence-electron chi connectivity index (χ1n) is 9.46. The molecule has 0 heterocycles. The topological polar surface area (TPSA) is 24.1 Å². The Hall–Kier alpha value is -0.760. The van der Waals surface area contributed by atoms with Crippen molar-refractivity contribution in [3.05, 3.63) is 24.9 Å². The van der Waals surface area contributed by atoms with Crippen molar-refractivity contribution in [3.63, 3.8) is 0 Å². The Labute approximate surface area is 139 Å². The molecule has 130 valence electrons. The van der Waals surface area contributed by atoms with E-state index in [1.807, 2.05) is 6.08 Å². The Morgan fingerprint density at radius 1 is 0.955 bits per heavy atom. The van der Waals surface area contributed by atoms with Crippen LogP contribution in [0.3, 0.4) is 0 Å². The van der Waals surface area contributed by atoms with Crippen LogP contribution < -0.4 is 10.6 Å². The Bertz CT molecular complexity index is 260. The molecule has 0 aromatic heterocycles. The second-order valence-corrected chi connectivity index (χ2v) is 6.40. The molecule has 2 N–H and O–H groups in total. The number of hydrogen-bond donors (Lipinski definition) is 2. The summed E-state index contributed by atoms with van der Waals surface area (Å²) in [5.41, 5.74) is 1.23. The second-order valence-electron chi connectivity index (χ2n) is 6.40. The van der Waals surface area contributed by atoms with Crippen molar-refractivity contribution >= 4 is 0 Å². The molecule has 2 nitrogen and oxygen atoms in total. The lowest BCUT2D eigenvalue weighted by molar-refractivity contribution is 0.514. The van der Waals surface area contributed by atoms with Gasteiger partial charge in [0.25, 0.3) is 0 Å². The average Bonchev–Trinajstić information content (AvgIpc) is 2.53. The van der Waals surface area contributed by atoms with Crippen LogP contribution in [-0.4, -0.2) is 19.6 Å². The van der Waals surface area contributed by atoms with E-state index in [0.717, 1.165) is 19.5 Å². The molecule has 0 fully saturated rings. The predicted molar refractivity (Wildman–Crippen MR) is 101 cm³/mol. The van der Waals surface area contributed by atoms with Gasteiger partial charge in [-0.05, 0) is 51.1 Å². The molecule has 0 bridgehead atoms. The van der Waals surface area contributed by atoms with Crippen LogP contribution in [0.15, 0.2) is 24.9 Å². The summed E-state index contributed by atoms with van der Waals surface area (Å²) >= 11 is 0. The molecule has 0 aromatic rings. The lowest BCUT2D eigenvalue weighted by Gasteiger charge is -2.16. The van der Waals surface area contributed by atoms with Crippen molar-refractivity contribution in [3.8, 4) is 0 Å². The summed E-state index contributed by atoms with van der Waals surface area (Å²) < 4.78 is 0. The number of nitrogens with one attached hydrogen (secondary N) is 2. The molecule has 0 radical (unpaired) electrons. The minimum Gasteiger partial charge on any atom is -0.389 e. The van der Waals surface area contributed by atoms with Crippen LogP contribution in [0.2, 0.25) is 0 Å². The zero-order valence-electron chi connectivity index (χ0n) is 15.3. The van der Waals surface area contributed by atoms with Gasteiger partial charge in [-0.3, -0.25) is 0 Å². The minimum atomic E-state index is 0.593. The summed E-state index contributed by atoms with van der Waals surface area (Å²) in [7, 11) is 0. The maximum atomic E-state index is 4.19. The van der Waals surface area contributed by atoms with Crippen molar-refractivity contribution in [2.45, 2.75) is 78.1 Å². The largest absolute Gasteiger partial charge is 0.389 e. The molecule has 0 rings (SSSR count). The van der Waals surface area contributed by atoms with E-state index in [0.29, 0.717) is 5.92 Å². The van der Waals surface area contributed by atoms with E-state index in [4.69, 9.17) is 0 Å². The molecule has 1 unspecified atom stereocenters. The molecule has 0 aliphatic rings. The maximum Gasteiger partial charge on any atom is 0.0143 e. The van der Waals surface area contributed by atoms with Gasteiger partial charge < -0.3 is 10.6 Å². The molecular weight excluding hydrogens is 268 g/mol. The first kappa shape index (κ1) is 21.2. The quantitative estimate of drug-likeness (QED) is 0.277. The highest BCUT2D eigenvalue weighted by Crippen LogP contribution is 2.15. The van der Waals surface area contributed by atoms with Crippen LogP contribution in [0.1, 0.15) is 78.1 Å². The molecule has 0 saturated carbocycles. The fraction of sp³-hybridized carbons (Fsp3) is 0.800. The second kappa shape index (κ2) is 16.6. The van der Waals surface area contributed by atoms with Gasteiger partial charge in [0.05, 0.1) is 0 Å². The van der Waals surface area contributed by atoms with Crippen molar-refractivity contribution in [2.24, 2.45) is 5.92 Å². The molecule has 1 atom stereocenters. The van der Waals surface area contributed by atoms with Gasteiger partial charge in [0.2, 0.25) is 0 Å². The molecule has 22 heavy (non-hydrogen) atoms. The zero-order valence-corrected chi connectivity index (χ0v) is 15.3. The van der Waals surface area contributed by atoms with Crippen LogP contribution in [0.4, 0.5) is 0 Å². The van der Waals surface area contributed by atoms with Crippen molar-refractivity contribution in [1.29, 1.82) is 0 Å². The summed E-state index contributed by atoms with van der Waals surface area (Å²) in [5.74, 6) is 0.593. The summed E-state index contributed by atoms with van der Waals surface area (Å²) in [6.07, 6.45) is 15.0. The summed E-state index contributed by atoms with van der Waals surface area (Å²) in [6.45, 7) is 15.8. The summed E-state index contributed by atoms with van der Waals surface area (Å²) in [4.78, 5) is 0. The Balaban J connectivity index is 3.31. The monoisotopic (exact) mass is 308 g/mol. The van der Waals surface area contributed by atoms with Gasteiger partial charge in [-0.25, -0.2) is 0 Å². The van der Waals surface area contributed by atoms with Gasteiger partial charge in [0, 0.05) is 12.2 Å². The highest BCUT2D eigenvalue weighted by Gasteiger charge is 2.05. The van der Waals surface area contributed by atoms with Crippen molar-refractivity contribution in [1.82, 2.24) is 10.6 Å². The molecule has 0 aliphatic heterocycles.